The maximum atomic E-state index is 15.4. The molecule has 1 aliphatic heterocycles. The Morgan fingerprint density at radius 1 is 1.29 bits per heavy atom. The van der Waals surface area contributed by atoms with Crippen LogP contribution in [0.4, 0.5) is 10.1 Å². The molecule has 0 amide bonds. The molecule has 1 aromatic heterocycles. The summed E-state index contributed by atoms with van der Waals surface area (Å²) in [5, 5.41) is 13.1. The van der Waals surface area contributed by atoms with Crippen molar-refractivity contribution in [2.75, 3.05) is 31.6 Å². The maximum absolute atomic E-state index is 15.4. The van der Waals surface area contributed by atoms with Crippen LogP contribution in [0.1, 0.15) is 49.0 Å². The Labute approximate surface area is 179 Å². The van der Waals surface area contributed by atoms with Crippen molar-refractivity contribution < 1.29 is 19.0 Å². The van der Waals surface area contributed by atoms with E-state index in [-0.39, 0.29) is 17.0 Å². The topological polar surface area (TPSA) is 83.8 Å². The second-order valence-electron chi connectivity index (χ2n) is 9.28. The Hall–Kier alpha value is -2.61. The van der Waals surface area contributed by atoms with E-state index in [1.807, 2.05) is 4.90 Å². The van der Waals surface area contributed by atoms with Gasteiger partial charge in [-0.25, -0.2) is 9.18 Å². The first kappa shape index (κ1) is 20.3. The van der Waals surface area contributed by atoms with Gasteiger partial charge in [0.15, 0.2) is 11.6 Å². The summed E-state index contributed by atoms with van der Waals surface area (Å²) in [6.07, 6.45) is 5.64. The average Bonchev–Trinajstić information content (AvgIpc) is 3.65. The molecule has 1 aromatic carbocycles. The summed E-state index contributed by atoms with van der Waals surface area (Å²) in [6, 6.07) is 1.92. The van der Waals surface area contributed by atoms with Gasteiger partial charge in [-0.15, -0.1) is 0 Å². The van der Waals surface area contributed by atoms with E-state index >= 15 is 4.39 Å². The van der Waals surface area contributed by atoms with Gasteiger partial charge in [-0.05, 0) is 43.6 Å². The standard InChI is InChI=1S/C23H28FN3O4/c1-12-9-26(10-13(12)8-25-14-3-4-14)20-18(24)7-16-19(22(20)31-2)27(15-5-6-15)11-17(21(16)28)23(29)30/h7,11-15,25H,3-6,8-10H2,1-2H3,(H,29,30)/t12-,13-/m1/s1. The van der Waals surface area contributed by atoms with Gasteiger partial charge < -0.3 is 24.6 Å². The summed E-state index contributed by atoms with van der Waals surface area (Å²) in [5.74, 6) is -0.733. The first-order chi connectivity index (χ1) is 14.9. The average molecular weight is 429 g/mol. The molecule has 2 aliphatic carbocycles. The predicted octanol–water partition coefficient (Wildman–Crippen LogP) is 3.01. The van der Waals surface area contributed by atoms with Crippen molar-refractivity contribution in [3.8, 4) is 5.75 Å². The molecule has 2 atom stereocenters. The molecule has 0 radical (unpaired) electrons. The molecule has 2 saturated carbocycles. The number of carboxylic acid groups (broad SMARTS) is 1. The van der Waals surface area contributed by atoms with Gasteiger partial charge in [-0.2, -0.15) is 0 Å². The van der Waals surface area contributed by atoms with Gasteiger partial charge in [0.1, 0.15) is 11.3 Å². The molecule has 0 bridgehead atoms. The number of hydrogen-bond donors (Lipinski definition) is 2. The zero-order chi connectivity index (χ0) is 21.9. The van der Waals surface area contributed by atoms with E-state index in [4.69, 9.17) is 4.74 Å². The number of pyridine rings is 1. The van der Waals surface area contributed by atoms with E-state index in [0.717, 1.165) is 19.4 Å². The predicted molar refractivity (Wildman–Crippen MR) is 116 cm³/mol. The van der Waals surface area contributed by atoms with Gasteiger partial charge >= 0.3 is 5.97 Å². The van der Waals surface area contributed by atoms with E-state index in [2.05, 4.69) is 12.2 Å². The Morgan fingerprint density at radius 2 is 2.03 bits per heavy atom. The van der Waals surface area contributed by atoms with E-state index in [1.165, 1.54) is 32.2 Å². The fourth-order valence-corrected chi connectivity index (χ4v) is 4.81. The quantitative estimate of drug-likeness (QED) is 0.704. The van der Waals surface area contributed by atoms with Crippen LogP contribution in [0.25, 0.3) is 10.9 Å². The summed E-state index contributed by atoms with van der Waals surface area (Å²) in [7, 11) is 1.48. The molecule has 2 aromatic rings. The zero-order valence-corrected chi connectivity index (χ0v) is 17.9. The van der Waals surface area contributed by atoms with Crippen LogP contribution in [0.5, 0.6) is 5.75 Å². The third kappa shape index (κ3) is 3.56. The molecule has 8 heteroatoms. The molecule has 31 heavy (non-hydrogen) atoms. The highest BCUT2D eigenvalue weighted by molar-refractivity contribution is 5.97. The van der Waals surface area contributed by atoms with Crippen LogP contribution >= 0.6 is 0 Å². The van der Waals surface area contributed by atoms with Gasteiger partial charge in [0.25, 0.3) is 0 Å². The number of nitrogens with one attached hydrogen (secondary N) is 1. The Balaban J connectivity index is 1.61. The van der Waals surface area contributed by atoms with Crippen molar-refractivity contribution >= 4 is 22.6 Å². The minimum atomic E-state index is -1.30. The molecule has 3 fully saturated rings. The number of halogens is 1. The number of carbonyl (C=O) groups is 1. The number of aromatic carboxylic acids is 1. The SMILES string of the molecule is COc1c(N2C[C@@H](CNC3CC3)[C@H](C)C2)c(F)cc2c(=O)c(C(=O)O)cn(C3CC3)c12. The van der Waals surface area contributed by atoms with Crippen molar-refractivity contribution in [3.05, 3.63) is 33.9 Å². The summed E-state index contributed by atoms with van der Waals surface area (Å²) in [4.78, 5) is 26.5. The van der Waals surface area contributed by atoms with E-state index < -0.39 is 17.2 Å². The number of nitrogens with zero attached hydrogens (tertiary/aromatic N) is 2. The second kappa shape index (κ2) is 7.51. The minimum Gasteiger partial charge on any atom is -0.492 e. The lowest BCUT2D eigenvalue weighted by Crippen LogP contribution is -2.29. The van der Waals surface area contributed by atoms with Crippen molar-refractivity contribution in [2.24, 2.45) is 11.8 Å². The molecule has 2 N–H and O–H groups in total. The number of carboxylic acids is 1. The highest BCUT2D eigenvalue weighted by Gasteiger charge is 2.36. The lowest BCUT2D eigenvalue weighted by Gasteiger charge is -2.25. The Kier molecular flexibility index (Phi) is 4.92. The van der Waals surface area contributed by atoms with Gasteiger partial charge in [-0.1, -0.05) is 6.92 Å². The third-order valence-corrected chi connectivity index (χ3v) is 6.90. The van der Waals surface area contributed by atoms with Crippen LogP contribution in [0.15, 0.2) is 17.1 Å². The summed E-state index contributed by atoms with van der Waals surface area (Å²) < 4.78 is 22.9. The molecule has 7 nitrogen and oxygen atoms in total. The third-order valence-electron chi connectivity index (χ3n) is 6.90. The molecule has 2 heterocycles. The number of rotatable bonds is 7. The van der Waals surface area contributed by atoms with Gasteiger partial charge in [0.05, 0.1) is 18.0 Å². The molecular formula is C23H28FN3O4. The van der Waals surface area contributed by atoms with Crippen LogP contribution in [0.3, 0.4) is 0 Å². The largest absolute Gasteiger partial charge is 0.492 e. The highest BCUT2D eigenvalue weighted by Crippen LogP contribution is 2.45. The number of ether oxygens (including phenoxy) is 1. The van der Waals surface area contributed by atoms with Gasteiger partial charge in [0, 0.05) is 37.9 Å². The molecule has 166 valence electrons. The van der Waals surface area contributed by atoms with Crippen LogP contribution < -0.4 is 20.4 Å². The zero-order valence-electron chi connectivity index (χ0n) is 17.9. The number of anilines is 1. The van der Waals surface area contributed by atoms with Crippen LogP contribution in [0.2, 0.25) is 0 Å². The van der Waals surface area contributed by atoms with E-state index in [1.54, 1.807) is 4.57 Å². The fourth-order valence-electron chi connectivity index (χ4n) is 4.81. The minimum absolute atomic E-state index is 0.0593. The van der Waals surface area contributed by atoms with E-state index in [9.17, 15) is 14.7 Å². The summed E-state index contributed by atoms with van der Waals surface area (Å²) >= 11 is 0. The lowest BCUT2D eigenvalue weighted by atomic mass is 9.98. The van der Waals surface area contributed by atoms with Crippen molar-refractivity contribution in [2.45, 2.75) is 44.7 Å². The lowest BCUT2D eigenvalue weighted by molar-refractivity contribution is 0.0695. The van der Waals surface area contributed by atoms with Crippen LogP contribution in [-0.2, 0) is 0 Å². The maximum Gasteiger partial charge on any atom is 0.341 e. The van der Waals surface area contributed by atoms with Crippen molar-refractivity contribution in [1.82, 2.24) is 9.88 Å². The molecule has 3 aliphatic rings. The number of methoxy groups -OCH3 is 1. The summed E-state index contributed by atoms with van der Waals surface area (Å²) in [6.45, 7) is 4.51. The van der Waals surface area contributed by atoms with E-state index in [0.29, 0.717) is 47.9 Å². The van der Waals surface area contributed by atoms with Crippen molar-refractivity contribution in [3.63, 3.8) is 0 Å². The molecule has 1 saturated heterocycles. The summed E-state index contributed by atoms with van der Waals surface area (Å²) in [5.41, 5.74) is -0.157. The number of benzene rings is 1. The highest BCUT2D eigenvalue weighted by atomic mass is 19.1. The second-order valence-corrected chi connectivity index (χ2v) is 9.28. The normalized spacial score (nSPS) is 23.5. The van der Waals surface area contributed by atoms with Gasteiger partial charge in [-0.3, -0.25) is 4.79 Å². The number of hydrogen-bond acceptors (Lipinski definition) is 5. The molecule has 0 unspecified atom stereocenters. The first-order valence-corrected chi connectivity index (χ1v) is 11.1. The van der Waals surface area contributed by atoms with Crippen LogP contribution in [0, 0.1) is 17.7 Å². The Morgan fingerprint density at radius 3 is 2.65 bits per heavy atom. The fraction of sp³-hybridized carbons (Fsp3) is 0.565. The Bertz CT molecular complexity index is 1110. The molecule has 5 rings (SSSR count). The molecule has 0 spiro atoms. The molecular weight excluding hydrogens is 401 g/mol. The van der Waals surface area contributed by atoms with Crippen LogP contribution in [-0.4, -0.2) is 48.4 Å². The smallest absolute Gasteiger partial charge is 0.341 e. The first-order valence-electron chi connectivity index (χ1n) is 11.1. The monoisotopic (exact) mass is 429 g/mol. The van der Waals surface area contributed by atoms with Gasteiger partial charge in [0.2, 0.25) is 5.43 Å². The number of aromatic nitrogens is 1. The number of fused-ring (bicyclic) bond motifs is 1. The van der Waals surface area contributed by atoms with Crippen molar-refractivity contribution in [1.29, 1.82) is 0 Å².